The van der Waals surface area contributed by atoms with Crippen LogP contribution in [0.25, 0.3) is 0 Å². The van der Waals surface area contributed by atoms with E-state index in [9.17, 15) is 0 Å². The van der Waals surface area contributed by atoms with Crippen LogP contribution in [0.1, 0.15) is 36.1 Å². The molecule has 0 radical (unpaired) electrons. The minimum absolute atomic E-state index is 0.275. The molecule has 2 aromatic rings. The van der Waals surface area contributed by atoms with Crippen LogP contribution in [0.15, 0.2) is 36.4 Å². The van der Waals surface area contributed by atoms with Crippen molar-refractivity contribution in [2.75, 3.05) is 7.05 Å². The molecule has 0 heterocycles. The van der Waals surface area contributed by atoms with Crippen LogP contribution in [-0.4, -0.2) is 7.05 Å². The maximum atomic E-state index is 6.34. The van der Waals surface area contributed by atoms with Gasteiger partial charge in [-0.25, -0.2) is 0 Å². The number of nitrogens with one attached hydrogen (secondary N) is 1. The number of halogens is 1. The van der Waals surface area contributed by atoms with Gasteiger partial charge in [-0.1, -0.05) is 23.7 Å². The maximum absolute atomic E-state index is 6.34. The lowest BCUT2D eigenvalue weighted by molar-refractivity contribution is 0.481. The molecule has 1 aliphatic carbocycles. The van der Waals surface area contributed by atoms with E-state index < -0.39 is 0 Å². The SMILES string of the molecule is CNC(C)c1ccc(Oc2ccc3c(c2)CCC3)c(Cl)c1. The zero-order valence-electron chi connectivity index (χ0n) is 12.4. The normalized spacial score (nSPS) is 14.8. The molecule has 110 valence electrons. The van der Waals surface area contributed by atoms with Crippen molar-refractivity contribution in [2.24, 2.45) is 0 Å². The highest BCUT2D eigenvalue weighted by atomic mass is 35.5. The van der Waals surface area contributed by atoms with Crippen molar-refractivity contribution in [3.63, 3.8) is 0 Å². The van der Waals surface area contributed by atoms with Crippen molar-refractivity contribution in [3.8, 4) is 11.5 Å². The van der Waals surface area contributed by atoms with Crippen LogP contribution in [0.3, 0.4) is 0 Å². The first kappa shape index (κ1) is 14.4. The number of hydrogen-bond acceptors (Lipinski definition) is 2. The molecule has 1 unspecified atom stereocenters. The summed E-state index contributed by atoms with van der Waals surface area (Å²) in [6.07, 6.45) is 3.59. The lowest BCUT2D eigenvalue weighted by atomic mass is 10.1. The van der Waals surface area contributed by atoms with Gasteiger partial charge in [0.05, 0.1) is 5.02 Å². The second-order valence-corrected chi connectivity index (χ2v) is 5.99. The van der Waals surface area contributed by atoms with Gasteiger partial charge in [-0.2, -0.15) is 0 Å². The molecule has 1 atom stereocenters. The van der Waals surface area contributed by atoms with Crippen LogP contribution < -0.4 is 10.1 Å². The van der Waals surface area contributed by atoms with Gasteiger partial charge in [0.15, 0.2) is 0 Å². The summed E-state index contributed by atoms with van der Waals surface area (Å²) >= 11 is 6.34. The van der Waals surface area contributed by atoms with Crippen LogP contribution in [0.5, 0.6) is 11.5 Å². The molecule has 0 aliphatic heterocycles. The Morgan fingerprint density at radius 3 is 2.67 bits per heavy atom. The van der Waals surface area contributed by atoms with Crippen LogP contribution in [0, 0.1) is 0 Å². The third kappa shape index (κ3) is 3.07. The number of ether oxygens (including phenoxy) is 1. The third-order valence-electron chi connectivity index (χ3n) is 4.19. The first-order valence-electron chi connectivity index (χ1n) is 7.44. The Labute approximate surface area is 131 Å². The van der Waals surface area contributed by atoms with Crippen LogP contribution in [0.2, 0.25) is 5.02 Å². The fourth-order valence-electron chi connectivity index (χ4n) is 2.77. The molecule has 3 rings (SSSR count). The Kier molecular flexibility index (Phi) is 4.18. The molecule has 0 aromatic heterocycles. The van der Waals surface area contributed by atoms with E-state index in [1.165, 1.54) is 24.0 Å². The number of rotatable bonds is 4. The minimum atomic E-state index is 0.275. The molecule has 0 bridgehead atoms. The van der Waals surface area contributed by atoms with Gasteiger partial charge in [-0.15, -0.1) is 0 Å². The maximum Gasteiger partial charge on any atom is 0.146 e. The van der Waals surface area contributed by atoms with Gasteiger partial charge >= 0.3 is 0 Å². The summed E-state index contributed by atoms with van der Waals surface area (Å²) in [5.74, 6) is 1.58. The summed E-state index contributed by atoms with van der Waals surface area (Å²) in [5, 5.41) is 3.85. The van der Waals surface area contributed by atoms with E-state index in [2.05, 4.69) is 30.4 Å². The first-order valence-corrected chi connectivity index (χ1v) is 7.81. The summed E-state index contributed by atoms with van der Waals surface area (Å²) in [4.78, 5) is 0. The molecular weight excluding hydrogens is 282 g/mol. The van der Waals surface area contributed by atoms with E-state index >= 15 is 0 Å². The van der Waals surface area contributed by atoms with E-state index in [0.717, 1.165) is 17.7 Å². The van der Waals surface area contributed by atoms with Crippen LogP contribution in [-0.2, 0) is 12.8 Å². The minimum Gasteiger partial charge on any atom is -0.456 e. The van der Waals surface area contributed by atoms with Crippen molar-refractivity contribution in [3.05, 3.63) is 58.1 Å². The molecule has 0 spiro atoms. The van der Waals surface area contributed by atoms with Crippen molar-refractivity contribution in [1.82, 2.24) is 5.32 Å². The zero-order chi connectivity index (χ0) is 14.8. The van der Waals surface area contributed by atoms with E-state index in [1.54, 1.807) is 0 Å². The molecular formula is C18H20ClNO. The molecule has 1 aliphatic rings. The Morgan fingerprint density at radius 2 is 1.90 bits per heavy atom. The topological polar surface area (TPSA) is 21.3 Å². The predicted molar refractivity (Wildman–Crippen MR) is 87.5 cm³/mol. The average molecular weight is 302 g/mol. The van der Waals surface area contributed by atoms with E-state index in [4.69, 9.17) is 16.3 Å². The molecule has 0 saturated heterocycles. The molecule has 21 heavy (non-hydrogen) atoms. The molecule has 0 fully saturated rings. The summed E-state index contributed by atoms with van der Waals surface area (Å²) < 4.78 is 5.95. The summed E-state index contributed by atoms with van der Waals surface area (Å²) in [5.41, 5.74) is 4.01. The van der Waals surface area contributed by atoms with Gasteiger partial charge in [0, 0.05) is 6.04 Å². The Hall–Kier alpha value is -1.51. The lowest BCUT2D eigenvalue weighted by Gasteiger charge is -2.14. The van der Waals surface area contributed by atoms with Crippen LogP contribution in [0.4, 0.5) is 0 Å². The molecule has 1 N–H and O–H groups in total. The summed E-state index contributed by atoms with van der Waals surface area (Å²) in [7, 11) is 1.94. The highest BCUT2D eigenvalue weighted by molar-refractivity contribution is 6.32. The van der Waals surface area contributed by atoms with Crippen molar-refractivity contribution in [1.29, 1.82) is 0 Å². The number of aryl methyl sites for hydroxylation is 2. The molecule has 2 nitrogen and oxygen atoms in total. The smallest absolute Gasteiger partial charge is 0.146 e. The largest absolute Gasteiger partial charge is 0.456 e. The van der Waals surface area contributed by atoms with Crippen molar-refractivity contribution in [2.45, 2.75) is 32.2 Å². The molecule has 0 saturated carbocycles. The predicted octanol–water partition coefficient (Wildman–Crippen LogP) is 4.90. The lowest BCUT2D eigenvalue weighted by Crippen LogP contribution is -2.12. The number of fused-ring (bicyclic) bond motifs is 1. The molecule has 2 aromatic carbocycles. The van der Waals surface area contributed by atoms with Crippen LogP contribution >= 0.6 is 11.6 Å². The summed E-state index contributed by atoms with van der Waals surface area (Å²) in [6, 6.07) is 12.6. The van der Waals surface area contributed by atoms with Gasteiger partial charge in [0.1, 0.15) is 11.5 Å². The highest BCUT2D eigenvalue weighted by Crippen LogP contribution is 2.33. The van der Waals surface area contributed by atoms with Gasteiger partial charge in [-0.05, 0) is 74.2 Å². The van der Waals surface area contributed by atoms with Crippen molar-refractivity contribution >= 4 is 11.6 Å². The second-order valence-electron chi connectivity index (χ2n) is 5.59. The number of hydrogen-bond donors (Lipinski definition) is 1. The second kappa shape index (κ2) is 6.08. The van der Waals surface area contributed by atoms with E-state index in [1.807, 2.05) is 25.2 Å². The molecule has 3 heteroatoms. The standard InChI is InChI=1S/C18H20ClNO/c1-12(20-2)14-7-9-18(17(19)11-14)21-16-8-6-13-4-3-5-15(13)10-16/h6-12,20H,3-5H2,1-2H3. The third-order valence-corrected chi connectivity index (χ3v) is 4.48. The van der Waals surface area contributed by atoms with Crippen molar-refractivity contribution < 1.29 is 4.74 Å². The summed E-state index contributed by atoms with van der Waals surface area (Å²) in [6.45, 7) is 2.10. The fraction of sp³-hybridized carbons (Fsp3) is 0.333. The molecule has 0 amide bonds. The Morgan fingerprint density at radius 1 is 1.10 bits per heavy atom. The Bertz CT molecular complexity index is 654. The fourth-order valence-corrected chi connectivity index (χ4v) is 3.00. The van der Waals surface area contributed by atoms with E-state index in [0.29, 0.717) is 10.8 Å². The zero-order valence-corrected chi connectivity index (χ0v) is 13.2. The van der Waals surface area contributed by atoms with Gasteiger partial charge in [-0.3, -0.25) is 0 Å². The number of benzene rings is 2. The van der Waals surface area contributed by atoms with Gasteiger partial charge < -0.3 is 10.1 Å². The average Bonchev–Trinajstić information content (AvgIpc) is 2.96. The monoisotopic (exact) mass is 301 g/mol. The highest BCUT2D eigenvalue weighted by Gasteiger charge is 2.13. The Balaban J connectivity index is 1.81. The van der Waals surface area contributed by atoms with E-state index in [-0.39, 0.29) is 6.04 Å². The quantitative estimate of drug-likeness (QED) is 0.867. The van der Waals surface area contributed by atoms with Gasteiger partial charge in [0.2, 0.25) is 0 Å². The van der Waals surface area contributed by atoms with Gasteiger partial charge in [0.25, 0.3) is 0 Å². The first-order chi connectivity index (χ1) is 10.2.